The summed E-state index contributed by atoms with van der Waals surface area (Å²) >= 11 is 0. The van der Waals surface area contributed by atoms with Gasteiger partial charge in [0.15, 0.2) is 5.96 Å². The average Bonchev–Trinajstić information content (AvgIpc) is 3.26. The van der Waals surface area contributed by atoms with Crippen molar-refractivity contribution in [2.75, 3.05) is 34.9 Å². The highest BCUT2D eigenvalue weighted by Crippen LogP contribution is 2.25. The molecule has 0 saturated heterocycles. The molecule has 1 aromatic heterocycles. The Balaban J connectivity index is 0.00000341. The van der Waals surface area contributed by atoms with Gasteiger partial charge in [0.05, 0.1) is 26.1 Å². The Morgan fingerprint density at radius 2 is 1.90 bits per heavy atom. The van der Waals surface area contributed by atoms with Crippen LogP contribution in [0.1, 0.15) is 11.1 Å². The molecule has 0 aliphatic heterocycles. The SMILES string of the molecule is CN=C(NCCc1cnn(-c2ccccc2)c1)N(C)Cc1ccc(OC)cc1OC.I. The van der Waals surface area contributed by atoms with Gasteiger partial charge in [-0.05, 0) is 36.2 Å². The molecule has 7 nitrogen and oxygen atoms in total. The van der Waals surface area contributed by atoms with Gasteiger partial charge < -0.3 is 19.7 Å². The minimum atomic E-state index is 0. The number of nitrogens with zero attached hydrogens (tertiary/aromatic N) is 4. The molecule has 0 fully saturated rings. The summed E-state index contributed by atoms with van der Waals surface area (Å²) in [6, 6.07) is 15.9. The molecule has 166 valence electrons. The molecule has 0 bridgehead atoms. The molecule has 0 radical (unpaired) electrons. The lowest BCUT2D eigenvalue weighted by Gasteiger charge is -2.23. The summed E-state index contributed by atoms with van der Waals surface area (Å²) in [5.41, 5.74) is 3.29. The van der Waals surface area contributed by atoms with Crippen LogP contribution in [0.4, 0.5) is 0 Å². The van der Waals surface area contributed by atoms with Gasteiger partial charge in [-0.25, -0.2) is 4.68 Å². The van der Waals surface area contributed by atoms with Crippen LogP contribution in [0.15, 0.2) is 65.9 Å². The summed E-state index contributed by atoms with van der Waals surface area (Å²) < 4.78 is 12.7. The minimum absolute atomic E-state index is 0. The van der Waals surface area contributed by atoms with Crippen LogP contribution in [-0.4, -0.2) is 55.5 Å². The van der Waals surface area contributed by atoms with Gasteiger partial charge in [-0.3, -0.25) is 4.99 Å². The lowest BCUT2D eigenvalue weighted by atomic mass is 10.2. The third-order valence-corrected chi connectivity index (χ3v) is 4.83. The second-order valence-electron chi connectivity index (χ2n) is 6.89. The van der Waals surface area contributed by atoms with Gasteiger partial charge in [-0.15, -0.1) is 24.0 Å². The maximum Gasteiger partial charge on any atom is 0.193 e. The highest BCUT2D eigenvalue weighted by atomic mass is 127. The molecule has 1 heterocycles. The summed E-state index contributed by atoms with van der Waals surface area (Å²) in [6.07, 6.45) is 4.82. The minimum Gasteiger partial charge on any atom is -0.497 e. The molecule has 31 heavy (non-hydrogen) atoms. The highest BCUT2D eigenvalue weighted by Gasteiger charge is 2.11. The zero-order valence-corrected chi connectivity index (χ0v) is 20.7. The maximum atomic E-state index is 5.50. The fourth-order valence-corrected chi connectivity index (χ4v) is 3.23. The maximum absolute atomic E-state index is 5.50. The molecule has 1 N–H and O–H groups in total. The van der Waals surface area contributed by atoms with Crippen molar-refractivity contribution in [3.05, 3.63) is 72.1 Å². The van der Waals surface area contributed by atoms with Gasteiger partial charge in [0.25, 0.3) is 0 Å². The van der Waals surface area contributed by atoms with Crippen LogP contribution in [0.3, 0.4) is 0 Å². The molecule has 3 rings (SSSR count). The van der Waals surface area contributed by atoms with Crippen LogP contribution in [0.5, 0.6) is 11.5 Å². The molecule has 0 unspecified atom stereocenters. The number of ether oxygens (including phenoxy) is 2. The Bertz CT molecular complexity index is 975. The first kappa shape index (κ1) is 24.5. The molecule has 8 heteroatoms. The van der Waals surface area contributed by atoms with Crippen molar-refractivity contribution in [3.8, 4) is 17.2 Å². The van der Waals surface area contributed by atoms with Crippen molar-refractivity contribution >= 4 is 29.9 Å². The molecule has 0 atom stereocenters. The van der Waals surface area contributed by atoms with Gasteiger partial charge >= 0.3 is 0 Å². The predicted octanol–water partition coefficient (Wildman–Crippen LogP) is 3.76. The number of methoxy groups -OCH3 is 2. The number of benzene rings is 2. The van der Waals surface area contributed by atoms with E-state index in [1.807, 2.05) is 66.5 Å². The fraction of sp³-hybridized carbons (Fsp3) is 0.304. The topological polar surface area (TPSA) is 63.9 Å². The second-order valence-corrected chi connectivity index (χ2v) is 6.89. The van der Waals surface area contributed by atoms with Crippen LogP contribution in [-0.2, 0) is 13.0 Å². The van der Waals surface area contributed by atoms with Gasteiger partial charge in [0.1, 0.15) is 11.5 Å². The first-order valence-electron chi connectivity index (χ1n) is 9.86. The summed E-state index contributed by atoms with van der Waals surface area (Å²) in [5.74, 6) is 2.39. The summed E-state index contributed by atoms with van der Waals surface area (Å²) in [6.45, 7) is 1.43. The number of hydrogen-bond acceptors (Lipinski definition) is 4. The number of halogens is 1. The van der Waals surface area contributed by atoms with Gasteiger partial charge in [0.2, 0.25) is 0 Å². The Morgan fingerprint density at radius 3 is 2.58 bits per heavy atom. The van der Waals surface area contributed by atoms with E-state index < -0.39 is 0 Å². The normalized spacial score (nSPS) is 10.9. The van der Waals surface area contributed by atoms with Crippen molar-refractivity contribution in [2.24, 2.45) is 4.99 Å². The van der Waals surface area contributed by atoms with E-state index in [-0.39, 0.29) is 24.0 Å². The zero-order valence-electron chi connectivity index (χ0n) is 18.4. The van der Waals surface area contributed by atoms with Crippen molar-refractivity contribution in [2.45, 2.75) is 13.0 Å². The standard InChI is InChI=1S/C23H29N5O2.HI/c1-24-23(27(2)17-19-10-11-21(29-3)14-22(19)30-4)25-13-12-18-15-26-28(16-18)20-8-6-5-7-9-20;/h5-11,14-16H,12-13,17H2,1-4H3,(H,24,25);1H. The first-order chi connectivity index (χ1) is 14.6. The summed E-state index contributed by atoms with van der Waals surface area (Å²) in [5, 5.41) is 7.87. The number of aromatic nitrogens is 2. The number of nitrogens with one attached hydrogen (secondary N) is 1. The largest absolute Gasteiger partial charge is 0.497 e. The van der Waals surface area contributed by atoms with Gasteiger partial charge in [-0.2, -0.15) is 5.10 Å². The molecule has 0 saturated carbocycles. The number of para-hydroxylation sites is 1. The highest BCUT2D eigenvalue weighted by molar-refractivity contribution is 14.0. The van der Waals surface area contributed by atoms with E-state index in [1.54, 1.807) is 21.3 Å². The third-order valence-electron chi connectivity index (χ3n) is 4.83. The van der Waals surface area contributed by atoms with Crippen molar-refractivity contribution < 1.29 is 9.47 Å². The molecule has 2 aromatic carbocycles. The zero-order chi connectivity index (χ0) is 21.3. The van der Waals surface area contributed by atoms with Gasteiger partial charge in [-0.1, -0.05) is 18.2 Å². The monoisotopic (exact) mass is 535 g/mol. The second kappa shape index (κ2) is 12.2. The van der Waals surface area contributed by atoms with E-state index in [1.165, 1.54) is 5.56 Å². The van der Waals surface area contributed by atoms with E-state index in [9.17, 15) is 0 Å². The van der Waals surface area contributed by atoms with Crippen LogP contribution in [0, 0.1) is 0 Å². The van der Waals surface area contributed by atoms with E-state index in [0.717, 1.165) is 41.7 Å². The summed E-state index contributed by atoms with van der Waals surface area (Å²) in [7, 11) is 7.11. The van der Waals surface area contributed by atoms with Crippen LogP contribution in [0.25, 0.3) is 5.69 Å². The van der Waals surface area contributed by atoms with E-state index in [4.69, 9.17) is 9.47 Å². The van der Waals surface area contributed by atoms with Crippen LogP contribution < -0.4 is 14.8 Å². The quantitative estimate of drug-likeness (QED) is 0.271. The van der Waals surface area contributed by atoms with Crippen molar-refractivity contribution in [3.63, 3.8) is 0 Å². The third kappa shape index (κ3) is 6.61. The summed E-state index contributed by atoms with van der Waals surface area (Å²) in [4.78, 5) is 6.47. The predicted molar refractivity (Wildman–Crippen MR) is 135 cm³/mol. The molecular formula is C23H30IN5O2. The van der Waals surface area contributed by atoms with E-state index in [0.29, 0.717) is 6.54 Å². The molecule has 0 aliphatic carbocycles. The number of aliphatic imine (C=N–C) groups is 1. The Morgan fingerprint density at radius 1 is 1.13 bits per heavy atom. The first-order valence-corrected chi connectivity index (χ1v) is 9.86. The van der Waals surface area contributed by atoms with Crippen molar-refractivity contribution in [1.82, 2.24) is 20.0 Å². The van der Waals surface area contributed by atoms with Crippen LogP contribution >= 0.6 is 24.0 Å². The lowest BCUT2D eigenvalue weighted by Crippen LogP contribution is -2.39. The average molecular weight is 535 g/mol. The number of rotatable bonds is 8. The Hall–Kier alpha value is -2.75. The molecular weight excluding hydrogens is 505 g/mol. The lowest BCUT2D eigenvalue weighted by molar-refractivity contribution is 0.382. The van der Waals surface area contributed by atoms with E-state index in [2.05, 4.69) is 26.5 Å². The van der Waals surface area contributed by atoms with Crippen molar-refractivity contribution in [1.29, 1.82) is 0 Å². The fourth-order valence-electron chi connectivity index (χ4n) is 3.23. The Labute approximate surface area is 201 Å². The number of guanidine groups is 1. The van der Waals surface area contributed by atoms with Crippen LogP contribution in [0.2, 0.25) is 0 Å². The van der Waals surface area contributed by atoms with Gasteiger partial charge in [0, 0.05) is 45.0 Å². The molecule has 3 aromatic rings. The molecule has 0 spiro atoms. The molecule has 0 aliphatic rings. The van der Waals surface area contributed by atoms with E-state index >= 15 is 0 Å². The Kier molecular flexibility index (Phi) is 9.64. The number of hydrogen-bond donors (Lipinski definition) is 1. The smallest absolute Gasteiger partial charge is 0.193 e. The molecule has 0 amide bonds.